The lowest BCUT2D eigenvalue weighted by Crippen LogP contribution is -2.57. The van der Waals surface area contributed by atoms with Gasteiger partial charge in [-0.15, -0.1) is 13.2 Å². The molecule has 1 heterocycles. The van der Waals surface area contributed by atoms with E-state index in [-0.39, 0.29) is 18.4 Å². The van der Waals surface area contributed by atoms with Crippen molar-refractivity contribution in [2.75, 3.05) is 13.1 Å². The molecular formula is C15H20F3N3O3. The number of rotatable bonds is 3. The van der Waals surface area contributed by atoms with E-state index in [1.807, 2.05) is 0 Å². The average molecular weight is 347 g/mol. The van der Waals surface area contributed by atoms with Crippen molar-refractivity contribution in [3.8, 4) is 0 Å². The fraction of sp³-hybridized carbons (Fsp3) is 0.600. The molecule has 6 nitrogen and oxygen atoms in total. The molecule has 3 amide bonds. The Morgan fingerprint density at radius 2 is 1.92 bits per heavy atom. The molecule has 1 aliphatic heterocycles. The monoisotopic (exact) mass is 347 g/mol. The van der Waals surface area contributed by atoms with E-state index in [0.717, 1.165) is 0 Å². The summed E-state index contributed by atoms with van der Waals surface area (Å²) in [7, 11) is 0. The van der Waals surface area contributed by atoms with Gasteiger partial charge in [-0.3, -0.25) is 9.53 Å². The maximum absolute atomic E-state index is 12.6. The molecule has 0 aromatic heterocycles. The number of hydrogen-bond acceptors (Lipinski definition) is 3. The quantitative estimate of drug-likeness (QED) is 0.768. The first kappa shape index (κ1) is 18.3. The molecule has 1 aliphatic carbocycles. The molecule has 1 atom stereocenters. The number of hydrogen-bond donors (Lipinski definition) is 2. The largest absolute Gasteiger partial charge is 0.524 e. The van der Waals surface area contributed by atoms with Gasteiger partial charge in [0.2, 0.25) is 5.91 Å². The number of carbonyl (C=O) groups is 2. The van der Waals surface area contributed by atoms with Gasteiger partial charge < -0.3 is 15.5 Å². The van der Waals surface area contributed by atoms with E-state index >= 15 is 0 Å². The first-order valence-electron chi connectivity index (χ1n) is 7.65. The lowest BCUT2D eigenvalue weighted by atomic mass is 10.0. The van der Waals surface area contributed by atoms with Crippen molar-refractivity contribution in [3.05, 3.63) is 24.3 Å². The van der Waals surface area contributed by atoms with Crippen LogP contribution in [0.25, 0.3) is 0 Å². The topological polar surface area (TPSA) is 70.7 Å². The summed E-state index contributed by atoms with van der Waals surface area (Å²) >= 11 is 0. The van der Waals surface area contributed by atoms with Gasteiger partial charge in [0.15, 0.2) is 5.72 Å². The van der Waals surface area contributed by atoms with Crippen molar-refractivity contribution >= 4 is 11.9 Å². The number of nitrogens with zero attached hydrogens (tertiary/aromatic N) is 1. The number of allylic oxidation sites excluding steroid dienone is 2. The molecule has 0 saturated carbocycles. The number of likely N-dealkylation sites (tertiary alicyclic amines) is 1. The molecule has 1 saturated heterocycles. The Bertz CT molecular complexity index is 540. The van der Waals surface area contributed by atoms with Gasteiger partial charge in [-0.25, -0.2) is 4.79 Å². The fourth-order valence-corrected chi connectivity index (χ4v) is 2.75. The van der Waals surface area contributed by atoms with Crippen LogP contribution in [0.4, 0.5) is 18.0 Å². The second-order valence-electron chi connectivity index (χ2n) is 5.81. The smallest absolute Gasteiger partial charge is 0.343 e. The molecule has 0 aromatic rings. The number of alkyl halides is 3. The van der Waals surface area contributed by atoms with Gasteiger partial charge in [-0.1, -0.05) is 18.2 Å². The van der Waals surface area contributed by atoms with E-state index in [2.05, 4.69) is 15.4 Å². The first-order valence-corrected chi connectivity index (χ1v) is 7.65. The van der Waals surface area contributed by atoms with Gasteiger partial charge in [-0.05, 0) is 18.9 Å². The molecule has 2 aliphatic rings. The Morgan fingerprint density at radius 1 is 1.25 bits per heavy atom. The molecular weight excluding hydrogens is 327 g/mol. The fourth-order valence-electron chi connectivity index (χ4n) is 2.75. The zero-order chi connectivity index (χ0) is 17.8. The van der Waals surface area contributed by atoms with Crippen LogP contribution in [0.1, 0.15) is 26.2 Å². The number of nitrogens with one attached hydrogen (secondary N) is 2. The van der Waals surface area contributed by atoms with E-state index in [0.29, 0.717) is 25.9 Å². The average Bonchev–Trinajstić information content (AvgIpc) is 2.46. The van der Waals surface area contributed by atoms with Crippen LogP contribution in [0, 0.1) is 0 Å². The summed E-state index contributed by atoms with van der Waals surface area (Å²) < 4.78 is 42.0. The molecule has 0 bridgehead atoms. The van der Waals surface area contributed by atoms with Crippen LogP contribution in [0.15, 0.2) is 24.3 Å². The molecule has 0 aromatic carbocycles. The van der Waals surface area contributed by atoms with Crippen molar-refractivity contribution in [1.82, 2.24) is 15.5 Å². The predicted octanol–water partition coefficient (Wildman–Crippen LogP) is 2.05. The number of ether oxygens (including phenoxy) is 1. The number of piperidine rings is 1. The molecule has 2 N–H and O–H groups in total. The van der Waals surface area contributed by atoms with Crippen LogP contribution in [-0.4, -0.2) is 48.1 Å². The van der Waals surface area contributed by atoms with Crippen LogP contribution in [0.2, 0.25) is 0 Å². The Labute approximate surface area is 137 Å². The standard InChI is InChI=1S/C15H20F3N3O3/c1-11(22)21-9-5-12(6-10-21)19-13(23)20-14(24-15(16,17)18)7-3-2-4-8-14/h2-4,7,12H,5-6,8-10H2,1H3,(H2,19,20,23). The predicted molar refractivity (Wildman–Crippen MR) is 79.7 cm³/mol. The van der Waals surface area contributed by atoms with Gasteiger partial charge in [0.05, 0.1) is 0 Å². The Morgan fingerprint density at radius 3 is 2.42 bits per heavy atom. The van der Waals surface area contributed by atoms with Crippen LogP contribution >= 0.6 is 0 Å². The number of amides is 3. The van der Waals surface area contributed by atoms with Gasteiger partial charge in [0, 0.05) is 32.5 Å². The lowest BCUT2D eigenvalue weighted by molar-refractivity contribution is -0.361. The van der Waals surface area contributed by atoms with Crippen molar-refractivity contribution in [3.63, 3.8) is 0 Å². The van der Waals surface area contributed by atoms with Crippen LogP contribution in [-0.2, 0) is 9.53 Å². The summed E-state index contributed by atoms with van der Waals surface area (Å²) in [6.45, 7) is 2.49. The lowest BCUT2D eigenvalue weighted by Gasteiger charge is -2.35. The zero-order valence-corrected chi connectivity index (χ0v) is 13.2. The molecule has 1 fully saturated rings. The van der Waals surface area contributed by atoms with Crippen molar-refractivity contribution in [2.24, 2.45) is 0 Å². The Hall–Kier alpha value is -2.03. The van der Waals surface area contributed by atoms with Gasteiger partial charge in [0.25, 0.3) is 0 Å². The maximum atomic E-state index is 12.6. The Balaban J connectivity index is 1.91. The number of carbonyl (C=O) groups excluding carboxylic acids is 2. The highest BCUT2D eigenvalue weighted by molar-refractivity contribution is 5.76. The highest BCUT2D eigenvalue weighted by atomic mass is 19.4. The zero-order valence-electron chi connectivity index (χ0n) is 13.2. The summed E-state index contributed by atoms with van der Waals surface area (Å²) in [5.74, 6) is -0.0328. The van der Waals surface area contributed by atoms with Crippen molar-refractivity contribution < 1.29 is 27.5 Å². The molecule has 2 rings (SSSR count). The van der Waals surface area contributed by atoms with Gasteiger partial charge >= 0.3 is 12.4 Å². The van der Waals surface area contributed by atoms with Gasteiger partial charge in [0.1, 0.15) is 0 Å². The molecule has 24 heavy (non-hydrogen) atoms. The van der Waals surface area contributed by atoms with Crippen molar-refractivity contribution in [2.45, 2.75) is 44.3 Å². The van der Waals surface area contributed by atoms with Crippen LogP contribution in [0.3, 0.4) is 0 Å². The molecule has 0 radical (unpaired) electrons. The second kappa shape index (κ2) is 7.25. The highest BCUT2D eigenvalue weighted by Gasteiger charge is 2.43. The Kier molecular flexibility index (Phi) is 5.53. The minimum Gasteiger partial charge on any atom is -0.343 e. The molecule has 0 spiro atoms. The third-order valence-corrected chi connectivity index (χ3v) is 3.93. The molecule has 134 valence electrons. The minimum absolute atomic E-state index is 0.0328. The van der Waals surface area contributed by atoms with E-state index in [9.17, 15) is 22.8 Å². The summed E-state index contributed by atoms with van der Waals surface area (Å²) in [5.41, 5.74) is -1.95. The molecule has 9 heteroatoms. The number of urea groups is 1. The molecule has 1 unspecified atom stereocenters. The normalized spacial score (nSPS) is 24.8. The minimum atomic E-state index is -4.88. The van der Waals surface area contributed by atoms with E-state index in [1.54, 1.807) is 11.0 Å². The summed E-state index contributed by atoms with van der Waals surface area (Å²) in [6, 6.07) is -0.938. The van der Waals surface area contributed by atoms with Crippen molar-refractivity contribution in [1.29, 1.82) is 0 Å². The first-order chi connectivity index (χ1) is 11.2. The third kappa shape index (κ3) is 5.26. The summed E-state index contributed by atoms with van der Waals surface area (Å²) in [6.07, 6.45) is 1.71. The van der Waals surface area contributed by atoms with E-state index in [4.69, 9.17) is 0 Å². The number of halogens is 3. The van der Waals surface area contributed by atoms with Gasteiger partial charge in [-0.2, -0.15) is 0 Å². The maximum Gasteiger partial charge on any atom is 0.524 e. The summed E-state index contributed by atoms with van der Waals surface area (Å²) in [4.78, 5) is 25.0. The second-order valence-corrected chi connectivity index (χ2v) is 5.81. The third-order valence-electron chi connectivity index (χ3n) is 3.93. The van der Waals surface area contributed by atoms with E-state index < -0.39 is 18.1 Å². The SMILES string of the molecule is CC(=O)N1CCC(NC(=O)NC2(OC(F)(F)F)C=CC=CC2)CC1. The summed E-state index contributed by atoms with van der Waals surface area (Å²) in [5, 5.41) is 4.90. The highest BCUT2D eigenvalue weighted by Crippen LogP contribution is 2.29. The van der Waals surface area contributed by atoms with Crippen LogP contribution < -0.4 is 10.6 Å². The van der Waals surface area contributed by atoms with E-state index in [1.165, 1.54) is 25.2 Å². The van der Waals surface area contributed by atoms with Crippen LogP contribution in [0.5, 0.6) is 0 Å².